The normalized spacial score (nSPS) is 10.9. The highest BCUT2D eigenvalue weighted by atomic mass is 35.5. The van der Waals surface area contributed by atoms with E-state index in [1.165, 1.54) is 4.88 Å². The van der Waals surface area contributed by atoms with Crippen LogP contribution in [0.2, 0.25) is 5.02 Å². The zero-order valence-electron chi connectivity index (χ0n) is 15.1. The molecule has 1 N–H and O–H groups in total. The molecule has 0 bridgehead atoms. The third-order valence-electron chi connectivity index (χ3n) is 4.30. The van der Waals surface area contributed by atoms with Crippen molar-refractivity contribution in [2.24, 2.45) is 0 Å². The van der Waals surface area contributed by atoms with Gasteiger partial charge in [0.25, 0.3) is 0 Å². The molecule has 0 unspecified atom stereocenters. The van der Waals surface area contributed by atoms with Crippen LogP contribution in [-0.4, -0.2) is 41.1 Å². The average Bonchev–Trinajstić information content (AvgIpc) is 3.11. The number of halogens is 1. The van der Waals surface area contributed by atoms with Gasteiger partial charge in [-0.15, -0.1) is 11.3 Å². The lowest BCUT2D eigenvalue weighted by Crippen LogP contribution is -2.40. The maximum atomic E-state index is 6.23. The zero-order chi connectivity index (χ0) is 18.2. The van der Waals surface area contributed by atoms with Gasteiger partial charge in [0, 0.05) is 28.7 Å². The molecule has 1 aromatic carbocycles. The van der Waals surface area contributed by atoms with Crippen LogP contribution < -0.4 is 5.32 Å². The summed E-state index contributed by atoms with van der Waals surface area (Å²) < 4.78 is 0. The summed E-state index contributed by atoms with van der Waals surface area (Å²) in [6.45, 7) is 11.2. The van der Waals surface area contributed by atoms with Crippen LogP contribution >= 0.6 is 35.2 Å². The van der Waals surface area contributed by atoms with Gasteiger partial charge in [-0.2, -0.15) is 0 Å². The maximum Gasteiger partial charge on any atom is 0.173 e. The van der Waals surface area contributed by atoms with Crippen molar-refractivity contribution >= 4 is 46.0 Å². The van der Waals surface area contributed by atoms with E-state index in [9.17, 15) is 0 Å². The molecule has 1 aromatic heterocycles. The molecule has 0 spiro atoms. The molecule has 0 saturated heterocycles. The summed E-state index contributed by atoms with van der Waals surface area (Å²) in [6.07, 6.45) is 0. The average molecular weight is 396 g/mol. The van der Waals surface area contributed by atoms with Crippen molar-refractivity contribution in [2.75, 3.05) is 31.5 Å². The SMILES string of the molecule is CCN(CC)CCN(Cc1cccs1)C(=S)Nc1cccc(Cl)c1C. The van der Waals surface area contributed by atoms with Crippen LogP contribution in [-0.2, 0) is 6.54 Å². The van der Waals surface area contributed by atoms with Crippen LogP contribution in [0.5, 0.6) is 0 Å². The molecule has 136 valence electrons. The minimum Gasteiger partial charge on any atom is -0.343 e. The number of anilines is 1. The van der Waals surface area contributed by atoms with Gasteiger partial charge in [-0.05, 0) is 61.4 Å². The van der Waals surface area contributed by atoms with Crippen molar-refractivity contribution < 1.29 is 0 Å². The van der Waals surface area contributed by atoms with Crippen LogP contribution in [0.4, 0.5) is 5.69 Å². The Kier molecular flexibility index (Phi) is 8.16. The first kappa shape index (κ1) is 20.2. The minimum atomic E-state index is 0.742. The first-order valence-corrected chi connectivity index (χ1v) is 10.3. The Morgan fingerprint density at radius 3 is 2.56 bits per heavy atom. The molecule has 25 heavy (non-hydrogen) atoms. The number of nitrogens with zero attached hydrogens (tertiary/aromatic N) is 2. The van der Waals surface area contributed by atoms with Gasteiger partial charge in [0.1, 0.15) is 0 Å². The summed E-state index contributed by atoms with van der Waals surface area (Å²) in [5.41, 5.74) is 1.99. The second-order valence-electron chi connectivity index (χ2n) is 5.87. The lowest BCUT2D eigenvalue weighted by atomic mass is 10.2. The van der Waals surface area contributed by atoms with E-state index in [-0.39, 0.29) is 0 Å². The Morgan fingerprint density at radius 1 is 1.16 bits per heavy atom. The Morgan fingerprint density at radius 2 is 1.92 bits per heavy atom. The van der Waals surface area contributed by atoms with Crippen molar-refractivity contribution in [1.29, 1.82) is 0 Å². The van der Waals surface area contributed by atoms with E-state index in [1.807, 2.05) is 25.1 Å². The molecule has 0 atom stereocenters. The van der Waals surface area contributed by atoms with E-state index in [1.54, 1.807) is 11.3 Å². The van der Waals surface area contributed by atoms with Crippen molar-refractivity contribution in [1.82, 2.24) is 9.80 Å². The number of benzene rings is 1. The molecule has 0 amide bonds. The summed E-state index contributed by atoms with van der Waals surface area (Å²) in [5.74, 6) is 0. The summed E-state index contributed by atoms with van der Waals surface area (Å²) in [6, 6.07) is 10.1. The summed E-state index contributed by atoms with van der Waals surface area (Å²) >= 11 is 13.7. The Balaban J connectivity index is 2.09. The second kappa shape index (κ2) is 10.1. The lowest BCUT2D eigenvalue weighted by molar-refractivity contribution is 0.267. The standard InChI is InChI=1S/C19H26ClN3S2/c1-4-22(5-2)11-12-23(14-16-8-7-13-25-16)19(24)21-18-10-6-9-17(20)15(18)3/h6-10,13H,4-5,11-12,14H2,1-3H3,(H,21,24). The van der Waals surface area contributed by atoms with E-state index >= 15 is 0 Å². The zero-order valence-corrected chi connectivity index (χ0v) is 17.5. The number of thiophene rings is 1. The molecule has 2 aromatic rings. The first-order chi connectivity index (χ1) is 12.0. The molecular formula is C19H26ClN3S2. The van der Waals surface area contributed by atoms with Crippen LogP contribution in [0.25, 0.3) is 0 Å². The number of thiocarbonyl (C=S) groups is 1. The third-order valence-corrected chi connectivity index (χ3v) is 5.93. The number of hydrogen-bond donors (Lipinski definition) is 1. The summed E-state index contributed by atoms with van der Waals surface area (Å²) in [4.78, 5) is 5.96. The van der Waals surface area contributed by atoms with Gasteiger partial charge < -0.3 is 15.1 Å². The van der Waals surface area contributed by atoms with E-state index in [0.29, 0.717) is 0 Å². The van der Waals surface area contributed by atoms with Gasteiger partial charge in [0.05, 0.1) is 6.54 Å². The van der Waals surface area contributed by atoms with Crippen molar-refractivity contribution in [3.05, 3.63) is 51.2 Å². The van der Waals surface area contributed by atoms with Gasteiger partial charge in [0.2, 0.25) is 0 Å². The number of hydrogen-bond acceptors (Lipinski definition) is 3. The summed E-state index contributed by atoms with van der Waals surface area (Å²) in [7, 11) is 0. The highest BCUT2D eigenvalue weighted by Gasteiger charge is 2.14. The van der Waals surface area contributed by atoms with Crippen molar-refractivity contribution in [3.8, 4) is 0 Å². The fourth-order valence-corrected chi connectivity index (χ4v) is 3.74. The van der Waals surface area contributed by atoms with E-state index in [0.717, 1.165) is 54.1 Å². The Labute approximate surface area is 165 Å². The van der Waals surface area contributed by atoms with Gasteiger partial charge in [-0.1, -0.05) is 37.6 Å². The molecular weight excluding hydrogens is 370 g/mol. The monoisotopic (exact) mass is 395 g/mol. The third kappa shape index (κ3) is 5.96. The van der Waals surface area contributed by atoms with Crippen molar-refractivity contribution in [2.45, 2.75) is 27.3 Å². The fraction of sp³-hybridized carbons (Fsp3) is 0.421. The minimum absolute atomic E-state index is 0.742. The van der Waals surface area contributed by atoms with Crippen molar-refractivity contribution in [3.63, 3.8) is 0 Å². The van der Waals surface area contributed by atoms with Crippen LogP contribution in [0.1, 0.15) is 24.3 Å². The largest absolute Gasteiger partial charge is 0.343 e. The molecule has 0 fully saturated rings. The Hall–Kier alpha value is -1.14. The number of rotatable bonds is 8. The molecule has 1 heterocycles. The molecule has 0 aliphatic carbocycles. The van der Waals surface area contributed by atoms with E-state index in [2.05, 4.69) is 46.5 Å². The van der Waals surface area contributed by atoms with Gasteiger partial charge in [0.15, 0.2) is 5.11 Å². The maximum absolute atomic E-state index is 6.23. The van der Waals surface area contributed by atoms with E-state index in [4.69, 9.17) is 23.8 Å². The summed E-state index contributed by atoms with van der Waals surface area (Å²) in [5, 5.41) is 6.98. The molecule has 0 aliphatic rings. The molecule has 0 aliphatic heterocycles. The van der Waals surface area contributed by atoms with Gasteiger partial charge >= 0.3 is 0 Å². The van der Waals surface area contributed by atoms with Gasteiger partial charge in [-0.25, -0.2) is 0 Å². The topological polar surface area (TPSA) is 18.5 Å². The number of nitrogens with one attached hydrogen (secondary N) is 1. The van der Waals surface area contributed by atoms with Crippen LogP contribution in [0.15, 0.2) is 35.7 Å². The highest BCUT2D eigenvalue weighted by Crippen LogP contribution is 2.23. The first-order valence-electron chi connectivity index (χ1n) is 8.60. The molecule has 0 radical (unpaired) electrons. The molecule has 2 rings (SSSR count). The second-order valence-corrected chi connectivity index (χ2v) is 7.70. The molecule has 0 saturated carbocycles. The Bertz CT molecular complexity index is 669. The number of likely N-dealkylation sites (N-methyl/N-ethyl adjacent to an activating group) is 1. The van der Waals surface area contributed by atoms with Gasteiger partial charge in [-0.3, -0.25) is 0 Å². The lowest BCUT2D eigenvalue weighted by Gasteiger charge is -2.29. The quantitative estimate of drug-likeness (QED) is 0.615. The van der Waals surface area contributed by atoms with Crippen LogP contribution in [0, 0.1) is 6.92 Å². The highest BCUT2D eigenvalue weighted by molar-refractivity contribution is 7.80. The molecule has 3 nitrogen and oxygen atoms in total. The fourth-order valence-electron chi connectivity index (χ4n) is 2.58. The molecule has 6 heteroatoms. The smallest absolute Gasteiger partial charge is 0.173 e. The predicted molar refractivity (Wildman–Crippen MR) is 115 cm³/mol. The van der Waals surface area contributed by atoms with Crippen LogP contribution in [0.3, 0.4) is 0 Å². The predicted octanol–water partition coefficient (Wildman–Crippen LogP) is 5.25. The van der Waals surface area contributed by atoms with E-state index < -0.39 is 0 Å².